The minimum atomic E-state index is -1.10. The molecule has 0 fully saturated rings. The van der Waals surface area contributed by atoms with Crippen LogP contribution in [0.2, 0.25) is 0 Å². The van der Waals surface area contributed by atoms with Gasteiger partial charge in [-0.15, -0.1) is 5.10 Å². The highest BCUT2D eigenvalue weighted by Crippen LogP contribution is 2.12. The zero-order valence-corrected chi connectivity index (χ0v) is 10.1. The van der Waals surface area contributed by atoms with E-state index in [2.05, 4.69) is 20.8 Å². The molecule has 0 saturated carbocycles. The maximum atomic E-state index is 11.3. The van der Waals surface area contributed by atoms with E-state index in [0.29, 0.717) is 0 Å². The second kappa shape index (κ2) is 6.54. The number of rotatable bonds is 5. The van der Waals surface area contributed by atoms with Crippen molar-refractivity contribution in [2.75, 3.05) is 12.8 Å². The summed E-state index contributed by atoms with van der Waals surface area (Å²) >= 11 is 0.928. The van der Waals surface area contributed by atoms with Crippen LogP contribution < -0.4 is 10.6 Å². The number of hydrogen-bond donors (Lipinski definition) is 3. The SMILES string of the molecule is CNC(=O)NC(=O)CSc1nnnn1CC(=O)O. The Labute approximate surface area is 105 Å². The number of nitrogens with one attached hydrogen (secondary N) is 2. The van der Waals surface area contributed by atoms with Gasteiger partial charge in [0.1, 0.15) is 6.54 Å². The fourth-order valence-electron chi connectivity index (χ4n) is 0.882. The first-order valence-electron chi connectivity index (χ1n) is 4.65. The lowest BCUT2D eigenvalue weighted by atomic mass is 10.7. The third kappa shape index (κ3) is 4.37. The second-order valence-corrected chi connectivity index (χ2v) is 3.87. The number of carboxylic acids is 1. The molecule has 0 spiro atoms. The van der Waals surface area contributed by atoms with Crippen LogP contribution in [0, 0.1) is 0 Å². The number of urea groups is 1. The van der Waals surface area contributed by atoms with E-state index in [-0.39, 0.29) is 10.9 Å². The highest BCUT2D eigenvalue weighted by molar-refractivity contribution is 7.99. The van der Waals surface area contributed by atoms with Gasteiger partial charge in [0, 0.05) is 7.05 Å². The molecule has 1 aromatic rings. The van der Waals surface area contributed by atoms with E-state index in [4.69, 9.17) is 5.11 Å². The largest absolute Gasteiger partial charge is 0.480 e. The standard InChI is InChI=1S/C7H10N6O4S/c1-8-6(17)9-4(14)3-18-7-10-11-12-13(7)2-5(15)16/h2-3H2,1H3,(H,15,16)(H2,8,9,14,17). The Bertz CT molecular complexity index is 461. The third-order valence-electron chi connectivity index (χ3n) is 1.60. The van der Waals surface area contributed by atoms with E-state index < -0.39 is 24.5 Å². The van der Waals surface area contributed by atoms with Crippen LogP contribution in [0.4, 0.5) is 4.79 Å². The Balaban J connectivity index is 2.48. The number of carbonyl (C=O) groups is 3. The number of thioether (sulfide) groups is 1. The van der Waals surface area contributed by atoms with E-state index in [1.807, 2.05) is 5.32 Å². The van der Waals surface area contributed by atoms with Gasteiger partial charge < -0.3 is 10.4 Å². The molecule has 18 heavy (non-hydrogen) atoms. The third-order valence-corrected chi connectivity index (χ3v) is 2.55. The van der Waals surface area contributed by atoms with Gasteiger partial charge in [0.15, 0.2) is 0 Å². The number of aromatic nitrogens is 4. The van der Waals surface area contributed by atoms with Crippen molar-refractivity contribution >= 4 is 29.7 Å². The molecule has 0 aliphatic heterocycles. The summed E-state index contributed by atoms with van der Waals surface area (Å²) in [6.45, 7) is -0.396. The Hall–Kier alpha value is -2.17. The number of imide groups is 1. The predicted octanol–water partition coefficient (Wildman–Crippen LogP) is -1.69. The molecule has 0 atom stereocenters. The average molecular weight is 274 g/mol. The average Bonchev–Trinajstić information content (AvgIpc) is 2.72. The van der Waals surface area contributed by atoms with Gasteiger partial charge in [0.05, 0.1) is 5.75 Å². The number of carbonyl (C=O) groups excluding carboxylic acids is 2. The van der Waals surface area contributed by atoms with Crippen molar-refractivity contribution in [3.05, 3.63) is 0 Å². The summed E-state index contributed by atoms with van der Waals surface area (Å²) in [7, 11) is 1.38. The molecule has 0 bridgehead atoms. The molecule has 0 radical (unpaired) electrons. The number of amides is 3. The van der Waals surface area contributed by atoms with Crippen LogP contribution in [0.15, 0.2) is 5.16 Å². The molecule has 3 amide bonds. The fourth-order valence-corrected chi connectivity index (χ4v) is 1.56. The first kappa shape index (κ1) is 13.9. The summed E-state index contributed by atoms with van der Waals surface area (Å²) in [5, 5.41) is 23.4. The molecule has 3 N–H and O–H groups in total. The molecule has 1 heterocycles. The van der Waals surface area contributed by atoms with Gasteiger partial charge in [-0.1, -0.05) is 11.8 Å². The molecule has 11 heteroatoms. The Morgan fingerprint density at radius 1 is 1.44 bits per heavy atom. The molecular weight excluding hydrogens is 264 g/mol. The highest BCUT2D eigenvalue weighted by atomic mass is 32.2. The number of hydrogen-bond acceptors (Lipinski definition) is 7. The minimum Gasteiger partial charge on any atom is -0.480 e. The van der Waals surface area contributed by atoms with Gasteiger partial charge >= 0.3 is 12.0 Å². The zero-order valence-electron chi connectivity index (χ0n) is 9.28. The normalized spacial score (nSPS) is 9.83. The van der Waals surface area contributed by atoms with Crippen LogP contribution in [0.3, 0.4) is 0 Å². The summed E-state index contributed by atoms with van der Waals surface area (Å²) in [5.41, 5.74) is 0. The Kier molecular flexibility index (Phi) is 5.05. The van der Waals surface area contributed by atoms with Crippen LogP contribution in [0.1, 0.15) is 0 Å². The van der Waals surface area contributed by atoms with Crippen LogP contribution in [-0.2, 0) is 16.1 Å². The molecule has 1 rings (SSSR count). The Morgan fingerprint density at radius 3 is 2.78 bits per heavy atom. The van der Waals surface area contributed by atoms with Crippen LogP contribution in [-0.4, -0.2) is 56.0 Å². The van der Waals surface area contributed by atoms with Gasteiger partial charge in [0.2, 0.25) is 11.1 Å². The molecule has 0 saturated heterocycles. The maximum absolute atomic E-state index is 11.3. The van der Waals surface area contributed by atoms with Crippen LogP contribution in [0.5, 0.6) is 0 Å². The van der Waals surface area contributed by atoms with Gasteiger partial charge in [-0.05, 0) is 10.4 Å². The summed E-state index contributed by atoms with van der Waals surface area (Å²) < 4.78 is 1.04. The topological polar surface area (TPSA) is 139 Å². The van der Waals surface area contributed by atoms with Crippen molar-refractivity contribution < 1.29 is 19.5 Å². The first-order valence-corrected chi connectivity index (χ1v) is 5.63. The van der Waals surface area contributed by atoms with Gasteiger partial charge in [-0.3, -0.25) is 14.9 Å². The lowest BCUT2D eigenvalue weighted by Gasteiger charge is -2.02. The minimum absolute atomic E-state index is 0.104. The van der Waals surface area contributed by atoms with E-state index in [9.17, 15) is 14.4 Å². The fraction of sp³-hybridized carbons (Fsp3) is 0.429. The van der Waals surface area contributed by atoms with Crippen LogP contribution >= 0.6 is 11.8 Å². The quantitative estimate of drug-likeness (QED) is 0.540. The molecule has 1 aromatic heterocycles. The molecule has 0 unspecified atom stereocenters. The zero-order chi connectivity index (χ0) is 13.5. The highest BCUT2D eigenvalue weighted by Gasteiger charge is 2.13. The van der Waals surface area contributed by atoms with Crippen molar-refractivity contribution in [1.29, 1.82) is 0 Å². The number of carboxylic acid groups (broad SMARTS) is 1. The van der Waals surface area contributed by atoms with Gasteiger partial charge in [0.25, 0.3) is 0 Å². The molecule has 10 nitrogen and oxygen atoms in total. The number of tetrazole rings is 1. The van der Waals surface area contributed by atoms with Crippen molar-refractivity contribution in [2.24, 2.45) is 0 Å². The lowest BCUT2D eigenvalue weighted by molar-refractivity contribution is -0.138. The van der Waals surface area contributed by atoms with Crippen molar-refractivity contribution in [1.82, 2.24) is 30.8 Å². The van der Waals surface area contributed by atoms with Crippen molar-refractivity contribution in [3.8, 4) is 0 Å². The van der Waals surface area contributed by atoms with E-state index in [1.54, 1.807) is 0 Å². The molecule has 0 aliphatic rings. The summed E-state index contributed by atoms with van der Waals surface area (Å²) in [6.07, 6.45) is 0. The molecular formula is C7H10N6O4S. The van der Waals surface area contributed by atoms with E-state index in [0.717, 1.165) is 16.4 Å². The van der Waals surface area contributed by atoms with Crippen molar-refractivity contribution in [3.63, 3.8) is 0 Å². The molecule has 0 aliphatic carbocycles. The summed E-state index contributed by atoms with van der Waals surface area (Å²) in [4.78, 5) is 32.6. The monoisotopic (exact) mass is 274 g/mol. The molecule has 0 aromatic carbocycles. The smallest absolute Gasteiger partial charge is 0.325 e. The maximum Gasteiger partial charge on any atom is 0.325 e. The predicted molar refractivity (Wildman–Crippen MR) is 58.8 cm³/mol. The molecule has 98 valence electrons. The summed E-state index contributed by atoms with van der Waals surface area (Å²) in [5.74, 6) is -1.74. The van der Waals surface area contributed by atoms with E-state index >= 15 is 0 Å². The van der Waals surface area contributed by atoms with Crippen LogP contribution in [0.25, 0.3) is 0 Å². The lowest BCUT2D eigenvalue weighted by Crippen LogP contribution is -2.38. The summed E-state index contributed by atoms with van der Waals surface area (Å²) in [6, 6.07) is -0.620. The van der Waals surface area contributed by atoms with Gasteiger partial charge in [-0.25, -0.2) is 9.48 Å². The first-order chi connectivity index (χ1) is 8.52. The number of aliphatic carboxylic acids is 1. The van der Waals surface area contributed by atoms with Gasteiger partial charge in [-0.2, -0.15) is 0 Å². The van der Waals surface area contributed by atoms with E-state index in [1.165, 1.54) is 7.05 Å². The Morgan fingerprint density at radius 2 is 2.17 bits per heavy atom. The number of nitrogens with zero attached hydrogens (tertiary/aromatic N) is 4. The second-order valence-electron chi connectivity index (χ2n) is 2.93. The van der Waals surface area contributed by atoms with Crippen molar-refractivity contribution in [2.45, 2.75) is 11.7 Å².